The first kappa shape index (κ1) is 21.7. The van der Waals surface area contributed by atoms with Crippen molar-refractivity contribution in [3.8, 4) is 16.8 Å². The van der Waals surface area contributed by atoms with Gasteiger partial charge in [0.15, 0.2) is 0 Å². The Bertz CT molecular complexity index is 1440. The van der Waals surface area contributed by atoms with Gasteiger partial charge in [0.1, 0.15) is 22.5 Å². The van der Waals surface area contributed by atoms with E-state index in [2.05, 4.69) is 30.6 Å². The molecule has 8 nitrogen and oxygen atoms in total. The zero-order chi connectivity index (χ0) is 24.0. The molecule has 10 heteroatoms. The van der Waals surface area contributed by atoms with Crippen LogP contribution in [0.25, 0.3) is 27.8 Å². The monoisotopic (exact) mass is 463 g/mol. The number of fused-ring (bicyclic) bond motifs is 2. The molecule has 0 saturated carbocycles. The third-order valence-corrected chi connectivity index (χ3v) is 5.93. The van der Waals surface area contributed by atoms with Gasteiger partial charge in [-0.1, -0.05) is 6.07 Å². The van der Waals surface area contributed by atoms with Gasteiger partial charge in [-0.15, -0.1) is 0 Å². The number of nitrogens with one attached hydrogen (secondary N) is 2. The van der Waals surface area contributed by atoms with Crippen LogP contribution in [-0.2, 0) is 0 Å². The molecule has 0 aliphatic carbocycles. The maximum absolute atomic E-state index is 13.8. The highest BCUT2D eigenvalue weighted by Gasteiger charge is 2.24. The van der Waals surface area contributed by atoms with Gasteiger partial charge in [-0.05, 0) is 50.2 Å². The fourth-order valence-electron chi connectivity index (χ4n) is 4.07. The minimum absolute atomic E-state index is 0.121. The molecule has 3 aromatic heterocycles. The largest absolute Gasteiger partial charge is 0.370 e. The molecule has 1 aliphatic rings. The normalized spacial score (nSPS) is 15.0. The van der Waals surface area contributed by atoms with Crippen LogP contribution in [0, 0.1) is 0 Å². The van der Waals surface area contributed by atoms with Crippen molar-refractivity contribution in [3.63, 3.8) is 0 Å². The average Bonchev–Trinajstić information content (AvgIpc) is 3.12. The van der Waals surface area contributed by atoms with Gasteiger partial charge < -0.3 is 15.5 Å². The fourth-order valence-corrected chi connectivity index (χ4v) is 4.07. The molecule has 4 aromatic rings. The number of hydrogen-bond acceptors (Lipinski definition) is 7. The highest BCUT2D eigenvalue weighted by molar-refractivity contribution is 5.91. The molecule has 0 amide bonds. The second-order valence-corrected chi connectivity index (χ2v) is 8.09. The van der Waals surface area contributed by atoms with Gasteiger partial charge in [0.05, 0.1) is 28.8 Å². The summed E-state index contributed by atoms with van der Waals surface area (Å²) < 4.78 is 27.4. The molecule has 5 rings (SSSR count). The van der Waals surface area contributed by atoms with Crippen molar-refractivity contribution in [2.45, 2.75) is 26.4 Å². The van der Waals surface area contributed by atoms with E-state index in [1.165, 1.54) is 23.0 Å². The molecular weight excluding hydrogens is 440 g/mol. The van der Waals surface area contributed by atoms with Crippen LogP contribution >= 0.6 is 0 Å². The van der Waals surface area contributed by atoms with E-state index in [1.807, 2.05) is 39.1 Å². The molecule has 1 atom stereocenters. The number of benzene rings is 1. The van der Waals surface area contributed by atoms with Crippen molar-refractivity contribution in [2.24, 2.45) is 0 Å². The first-order valence-corrected chi connectivity index (χ1v) is 10.9. The van der Waals surface area contributed by atoms with Crippen LogP contribution in [0.15, 0.2) is 53.5 Å². The van der Waals surface area contributed by atoms with Crippen LogP contribution in [0.4, 0.5) is 26.0 Å². The molecule has 0 spiro atoms. The van der Waals surface area contributed by atoms with E-state index in [1.54, 1.807) is 12.1 Å². The molecule has 4 heterocycles. The van der Waals surface area contributed by atoms with Crippen LogP contribution in [0.1, 0.15) is 26.0 Å². The molecule has 1 aromatic carbocycles. The summed E-state index contributed by atoms with van der Waals surface area (Å²) in [4.78, 5) is 24.3. The summed E-state index contributed by atoms with van der Waals surface area (Å²) in [5, 5.41) is 11.1. The fraction of sp³-hybridized carbons (Fsp3) is 0.250. The quantitative estimate of drug-likeness (QED) is 0.453. The molecule has 2 N–H and O–H groups in total. The van der Waals surface area contributed by atoms with Crippen LogP contribution < -0.4 is 21.1 Å². The Labute approximate surface area is 194 Å². The van der Waals surface area contributed by atoms with Crippen LogP contribution in [0.5, 0.6) is 0 Å². The van der Waals surface area contributed by atoms with Crippen molar-refractivity contribution >= 4 is 28.2 Å². The maximum atomic E-state index is 13.8. The summed E-state index contributed by atoms with van der Waals surface area (Å²) in [6.07, 6.45) is -1.29. The lowest BCUT2D eigenvalue weighted by atomic mass is 10.1. The molecule has 0 fully saturated rings. The van der Waals surface area contributed by atoms with Crippen molar-refractivity contribution in [1.82, 2.24) is 19.7 Å². The molecule has 34 heavy (non-hydrogen) atoms. The van der Waals surface area contributed by atoms with Crippen molar-refractivity contribution in [3.05, 3.63) is 64.7 Å². The minimum Gasteiger partial charge on any atom is -0.370 e. The summed E-state index contributed by atoms with van der Waals surface area (Å²) in [5.41, 5.74) is 3.25. The lowest BCUT2D eigenvalue weighted by molar-refractivity contribution is 0.146. The summed E-state index contributed by atoms with van der Waals surface area (Å²) >= 11 is 0. The minimum atomic E-state index is -2.70. The smallest absolute Gasteiger partial charge is 0.281 e. The lowest BCUT2D eigenvalue weighted by Gasteiger charge is -2.18. The SMILES string of the molecule is CCNc1ccc2nn(-c3ccc4c(c3)N(C)C(C)N4)c(=O)c(-c3ccc(C(F)F)nc3)c2n1. The highest BCUT2D eigenvalue weighted by Crippen LogP contribution is 2.35. The number of aromatic nitrogens is 4. The first-order chi connectivity index (χ1) is 16.4. The summed E-state index contributed by atoms with van der Waals surface area (Å²) in [5.74, 6) is 0.589. The standard InChI is InChI=1S/C24H23F2N7O/c1-4-27-20-10-9-17-22(30-20)21(14-5-7-18(23(25)26)28-12-14)24(34)33(31-17)15-6-8-16-19(11-15)32(3)13(2)29-16/h5-13,23,29H,4H2,1-3H3,(H,27,30). The van der Waals surface area contributed by atoms with E-state index in [0.29, 0.717) is 34.6 Å². The molecule has 0 radical (unpaired) electrons. The van der Waals surface area contributed by atoms with Gasteiger partial charge in [-0.25, -0.2) is 13.8 Å². The van der Waals surface area contributed by atoms with E-state index < -0.39 is 12.0 Å². The van der Waals surface area contributed by atoms with Gasteiger partial charge in [0.25, 0.3) is 12.0 Å². The number of pyridine rings is 2. The number of hydrogen-bond donors (Lipinski definition) is 2. The van der Waals surface area contributed by atoms with Crippen LogP contribution in [-0.4, -0.2) is 39.5 Å². The summed E-state index contributed by atoms with van der Waals surface area (Å²) in [7, 11) is 1.97. The van der Waals surface area contributed by atoms with Crippen LogP contribution in [0.3, 0.4) is 0 Å². The molecule has 0 bridgehead atoms. The van der Waals surface area contributed by atoms with E-state index in [9.17, 15) is 13.6 Å². The Balaban J connectivity index is 1.74. The number of nitrogens with zero attached hydrogens (tertiary/aromatic N) is 5. The van der Waals surface area contributed by atoms with Gasteiger partial charge in [-0.2, -0.15) is 9.78 Å². The lowest BCUT2D eigenvalue weighted by Crippen LogP contribution is -2.28. The number of halogens is 2. The first-order valence-electron chi connectivity index (χ1n) is 10.9. The summed E-state index contributed by atoms with van der Waals surface area (Å²) in [6, 6.07) is 11.9. The Morgan fingerprint density at radius 3 is 2.71 bits per heavy atom. The van der Waals surface area contributed by atoms with E-state index in [-0.39, 0.29) is 17.4 Å². The third kappa shape index (κ3) is 3.60. The van der Waals surface area contributed by atoms with Gasteiger partial charge >= 0.3 is 0 Å². The Hall–Kier alpha value is -4.08. The predicted octanol–water partition coefficient (Wildman–Crippen LogP) is 4.42. The zero-order valence-electron chi connectivity index (χ0n) is 18.9. The van der Waals surface area contributed by atoms with Gasteiger partial charge in [0, 0.05) is 25.4 Å². The topological polar surface area (TPSA) is 88.0 Å². The molecular formula is C24H23F2N7O. The Morgan fingerprint density at radius 2 is 2.00 bits per heavy atom. The molecule has 174 valence electrons. The Morgan fingerprint density at radius 1 is 1.18 bits per heavy atom. The number of anilines is 3. The van der Waals surface area contributed by atoms with E-state index in [4.69, 9.17) is 0 Å². The van der Waals surface area contributed by atoms with Crippen molar-refractivity contribution in [2.75, 3.05) is 29.1 Å². The molecule has 1 aliphatic heterocycles. The second kappa shape index (κ2) is 8.36. The Kier molecular flexibility index (Phi) is 5.35. The maximum Gasteiger partial charge on any atom is 0.281 e. The number of rotatable bonds is 5. The average molecular weight is 463 g/mol. The molecule has 1 unspecified atom stereocenters. The zero-order valence-corrected chi connectivity index (χ0v) is 18.9. The van der Waals surface area contributed by atoms with Gasteiger partial charge in [0.2, 0.25) is 0 Å². The summed E-state index contributed by atoms with van der Waals surface area (Å²) in [6.45, 7) is 4.64. The van der Waals surface area contributed by atoms with Gasteiger partial charge in [-0.3, -0.25) is 9.78 Å². The van der Waals surface area contributed by atoms with Crippen LogP contribution in [0.2, 0.25) is 0 Å². The second-order valence-electron chi connectivity index (χ2n) is 8.09. The highest BCUT2D eigenvalue weighted by atomic mass is 19.3. The number of alkyl halides is 2. The van der Waals surface area contributed by atoms with E-state index in [0.717, 1.165) is 11.4 Å². The van der Waals surface area contributed by atoms with Crippen molar-refractivity contribution < 1.29 is 8.78 Å². The van der Waals surface area contributed by atoms with Crippen molar-refractivity contribution in [1.29, 1.82) is 0 Å². The third-order valence-electron chi connectivity index (χ3n) is 5.93. The van der Waals surface area contributed by atoms with E-state index >= 15 is 0 Å². The molecule has 0 saturated heterocycles. The predicted molar refractivity (Wildman–Crippen MR) is 129 cm³/mol.